The van der Waals surface area contributed by atoms with Crippen molar-refractivity contribution in [2.45, 2.75) is 69.1 Å². The van der Waals surface area contributed by atoms with Crippen LogP contribution >= 0.6 is 11.6 Å². The fraction of sp³-hybridized carbons (Fsp3) is 0.900. The Kier molecular flexibility index (Phi) is 5.89. The van der Waals surface area contributed by atoms with Crippen LogP contribution in [0.1, 0.15) is 46.0 Å². The third-order valence-electron chi connectivity index (χ3n) is 7.05. The number of rotatable bonds is 4. The zero-order valence-electron chi connectivity index (χ0n) is 17.1. The van der Waals surface area contributed by atoms with Gasteiger partial charge in [-0.1, -0.05) is 0 Å². The average Bonchev–Trinajstić information content (AvgIpc) is 2.65. The molecule has 7 nitrogen and oxygen atoms in total. The van der Waals surface area contributed by atoms with E-state index in [9.17, 15) is 9.59 Å². The van der Waals surface area contributed by atoms with Crippen molar-refractivity contribution < 1.29 is 9.59 Å². The maximum atomic E-state index is 13.5. The largest absolute Gasteiger partial charge is 0.329 e. The number of carbonyl (C=O) groups is 2. The quantitative estimate of drug-likeness (QED) is 0.669. The highest BCUT2D eigenvalue weighted by Crippen LogP contribution is 2.38. The zero-order chi connectivity index (χ0) is 19.9. The molecule has 1 spiro atoms. The summed E-state index contributed by atoms with van der Waals surface area (Å²) in [6.07, 6.45) is 5.44. The predicted octanol–water partition coefficient (Wildman–Crippen LogP) is 0.784. The van der Waals surface area contributed by atoms with E-state index in [-0.39, 0.29) is 35.9 Å². The van der Waals surface area contributed by atoms with E-state index >= 15 is 0 Å². The molecule has 2 amide bonds. The molecule has 1 atom stereocenters. The summed E-state index contributed by atoms with van der Waals surface area (Å²) in [4.78, 5) is 32.7. The molecule has 1 unspecified atom stereocenters. The molecule has 0 aromatic carbocycles. The van der Waals surface area contributed by atoms with Gasteiger partial charge in [0.15, 0.2) is 0 Å². The van der Waals surface area contributed by atoms with Gasteiger partial charge in [0, 0.05) is 37.7 Å². The van der Waals surface area contributed by atoms with Crippen molar-refractivity contribution in [3.8, 4) is 0 Å². The topological polar surface area (TPSA) is 67.9 Å². The number of carbonyl (C=O) groups excluding carboxylic acids is 2. The van der Waals surface area contributed by atoms with Crippen molar-refractivity contribution in [3.05, 3.63) is 0 Å². The van der Waals surface area contributed by atoms with Crippen LogP contribution in [0.15, 0.2) is 0 Å². The number of nitrogens with one attached hydrogen (secondary N) is 2. The minimum Gasteiger partial charge on any atom is -0.329 e. The molecule has 2 N–H and O–H groups in total. The van der Waals surface area contributed by atoms with E-state index in [1.165, 1.54) is 0 Å². The smallest absolute Gasteiger partial charge is 0.251 e. The van der Waals surface area contributed by atoms with Crippen molar-refractivity contribution in [1.82, 2.24) is 25.3 Å². The molecule has 0 aromatic heterocycles. The monoisotopic (exact) mass is 411 g/mol. The molecule has 1 saturated carbocycles. The summed E-state index contributed by atoms with van der Waals surface area (Å²) in [6, 6.07) is 0.0493. The summed E-state index contributed by atoms with van der Waals surface area (Å²) >= 11 is 6.27. The number of likely N-dealkylation sites (tertiary alicyclic amines) is 1. The molecule has 0 bridgehead atoms. The number of nitrogens with zero attached hydrogens (tertiary/aromatic N) is 3. The maximum absolute atomic E-state index is 13.5. The molecule has 3 heterocycles. The fourth-order valence-corrected chi connectivity index (χ4v) is 5.52. The molecular weight excluding hydrogens is 378 g/mol. The third kappa shape index (κ3) is 3.66. The Hall–Kier alpha value is -0.890. The molecule has 3 aliphatic heterocycles. The highest BCUT2D eigenvalue weighted by molar-refractivity contribution is 6.20. The lowest BCUT2D eigenvalue weighted by atomic mass is 9.80. The van der Waals surface area contributed by atoms with Gasteiger partial charge in [0.05, 0.1) is 6.17 Å². The second kappa shape index (κ2) is 8.09. The van der Waals surface area contributed by atoms with Crippen LogP contribution in [0.2, 0.25) is 0 Å². The second-order valence-corrected chi connectivity index (χ2v) is 9.89. The SMILES string of the molecule is CC(C)N1CC(=O)N(CC2CCC(Cl)CC2)C2(CN(C3CCNCN3)C2)C1=O. The van der Waals surface area contributed by atoms with E-state index in [2.05, 4.69) is 15.5 Å². The maximum Gasteiger partial charge on any atom is 0.251 e. The van der Waals surface area contributed by atoms with E-state index in [1.54, 1.807) is 4.90 Å². The Morgan fingerprint density at radius 2 is 1.86 bits per heavy atom. The first-order valence-corrected chi connectivity index (χ1v) is 11.3. The molecule has 1 aliphatic carbocycles. The standard InChI is InChI=1S/C20H34ClN5O2/c1-14(2)25-10-18(27)26(9-15-3-5-16(21)6-4-15)20(19(25)28)11-24(12-20)17-7-8-22-13-23-17/h14-17,22-23H,3-13H2,1-2H3. The van der Waals surface area contributed by atoms with Gasteiger partial charge in [-0.15, -0.1) is 11.6 Å². The molecule has 8 heteroatoms. The number of hydrogen-bond donors (Lipinski definition) is 2. The van der Waals surface area contributed by atoms with Crippen LogP contribution in [0.3, 0.4) is 0 Å². The Bertz CT molecular complexity index is 595. The third-order valence-corrected chi connectivity index (χ3v) is 7.49. The number of alkyl halides is 1. The molecule has 158 valence electrons. The number of amides is 2. The molecular formula is C20H34ClN5O2. The normalized spacial score (nSPS) is 34.2. The molecule has 28 heavy (non-hydrogen) atoms. The summed E-state index contributed by atoms with van der Waals surface area (Å²) in [5.74, 6) is 0.706. The number of halogens is 1. The Morgan fingerprint density at radius 3 is 2.46 bits per heavy atom. The summed E-state index contributed by atoms with van der Waals surface area (Å²) in [5, 5.41) is 7.05. The highest BCUT2D eigenvalue weighted by Gasteiger charge is 2.60. The Morgan fingerprint density at radius 1 is 1.14 bits per heavy atom. The van der Waals surface area contributed by atoms with Crippen LogP contribution < -0.4 is 10.6 Å². The summed E-state index contributed by atoms with van der Waals surface area (Å²) in [6.45, 7) is 7.99. The van der Waals surface area contributed by atoms with Crippen molar-refractivity contribution in [2.75, 3.05) is 39.4 Å². The summed E-state index contributed by atoms with van der Waals surface area (Å²) in [7, 11) is 0. The summed E-state index contributed by atoms with van der Waals surface area (Å²) in [5.41, 5.74) is -0.677. The number of hydrogen-bond acceptors (Lipinski definition) is 5. The summed E-state index contributed by atoms with van der Waals surface area (Å²) < 4.78 is 0. The molecule has 4 fully saturated rings. The molecule has 0 aromatic rings. The lowest BCUT2D eigenvalue weighted by molar-refractivity contribution is -0.185. The molecule has 4 aliphatic rings. The van der Waals surface area contributed by atoms with Gasteiger partial charge >= 0.3 is 0 Å². The minimum atomic E-state index is -0.677. The first kappa shape index (κ1) is 20.4. The van der Waals surface area contributed by atoms with Crippen LogP contribution in [-0.4, -0.2) is 89.0 Å². The lowest BCUT2D eigenvalue weighted by Crippen LogP contribution is -2.83. The van der Waals surface area contributed by atoms with Gasteiger partial charge < -0.3 is 15.1 Å². The van der Waals surface area contributed by atoms with E-state index < -0.39 is 5.54 Å². The van der Waals surface area contributed by atoms with Crippen molar-refractivity contribution in [1.29, 1.82) is 0 Å². The van der Waals surface area contributed by atoms with Gasteiger partial charge in [0.1, 0.15) is 12.1 Å². The van der Waals surface area contributed by atoms with E-state index in [1.807, 2.05) is 18.7 Å². The van der Waals surface area contributed by atoms with E-state index in [4.69, 9.17) is 11.6 Å². The number of piperazine rings is 1. The van der Waals surface area contributed by atoms with E-state index in [0.717, 1.165) is 45.3 Å². The minimum absolute atomic E-state index is 0.0493. The van der Waals surface area contributed by atoms with Crippen LogP contribution in [-0.2, 0) is 9.59 Å². The van der Waals surface area contributed by atoms with Gasteiger partial charge in [-0.25, -0.2) is 0 Å². The highest BCUT2D eigenvalue weighted by atomic mass is 35.5. The van der Waals surface area contributed by atoms with Gasteiger partial charge in [-0.05, 0) is 58.4 Å². The lowest BCUT2D eigenvalue weighted by Gasteiger charge is -2.61. The Labute approximate surface area is 173 Å². The average molecular weight is 412 g/mol. The van der Waals surface area contributed by atoms with Gasteiger partial charge in [-0.3, -0.25) is 19.8 Å². The van der Waals surface area contributed by atoms with Gasteiger partial charge in [-0.2, -0.15) is 0 Å². The van der Waals surface area contributed by atoms with Crippen LogP contribution in [0.4, 0.5) is 0 Å². The first-order chi connectivity index (χ1) is 13.4. The molecule has 3 saturated heterocycles. The molecule has 4 rings (SSSR count). The second-order valence-electron chi connectivity index (χ2n) is 9.27. The fourth-order valence-electron chi connectivity index (χ4n) is 5.26. The predicted molar refractivity (Wildman–Crippen MR) is 109 cm³/mol. The van der Waals surface area contributed by atoms with Crippen LogP contribution in [0.25, 0.3) is 0 Å². The van der Waals surface area contributed by atoms with Crippen molar-refractivity contribution >= 4 is 23.4 Å². The van der Waals surface area contributed by atoms with Crippen molar-refractivity contribution in [3.63, 3.8) is 0 Å². The van der Waals surface area contributed by atoms with Crippen LogP contribution in [0, 0.1) is 5.92 Å². The van der Waals surface area contributed by atoms with Gasteiger partial charge in [0.25, 0.3) is 5.91 Å². The van der Waals surface area contributed by atoms with Crippen molar-refractivity contribution in [2.24, 2.45) is 5.92 Å². The van der Waals surface area contributed by atoms with Crippen LogP contribution in [0.5, 0.6) is 0 Å². The first-order valence-electron chi connectivity index (χ1n) is 10.8. The zero-order valence-corrected chi connectivity index (χ0v) is 17.9. The Balaban J connectivity index is 1.51. The van der Waals surface area contributed by atoms with E-state index in [0.29, 0.717) is 25.6 Å². The molecule has 0 radical (unpaired) electrons. The van der Waals surface area contributed by atoms with Gasteiger partial charge in [0.2, 0.25) is 5.91 Å².